The van der Waals surface area contributed by atoms with Gasteiger partial charge in [0.1, 0.15) is 11.9 Å². The van der Waals surface area contributed by atoms with Crippen molar-refractivity contribution in [3.05, 3.63) is 59.2 Å². The Balaban J connectivity index is 1.58. The van der Waals surface area contributed by atoms with E-state index in [1.54, 1.807) is 17.0 Å². The lowest BCUT2D eigenvalue weighted by Gasteiger charge is -2.32. The van der Waals surface area contributed by atoms with Crippen LogP contribution in [0, 0.1) is 13.8 Å². The third kappa shape index (κ3) is 5.40. The summed E-state index contributed by atoms with van der Waals surface area (Å²) >= 11 is 0. The second-order valence-electron chi connectivity index (χ2n) is 7.71. The molecule has 1 saturated heterocycles. The first kappa shape index (κ1) is 22.3. The Hall–Kier alpha value is -2.38. The third-order valence-electron chi connectivity index (χ3n) is 5.38. The predicted octanol–water partition coefficient (Wildman–Crippen LogP) is 3.41. The van der Waals surface area contributed by atoms with E-state index in [-0.39, 0.29) is 29.3 Å². The maximum absolute atomic E-state index is 12.8. The van der Waals surface area contributed by atoms with E-state index in [0.717, 1.165) is 29.7 Å². The summed E-state index contributed by atoms with van der Waals surface area (Å²) in [6, 6.07) is 12.3. The fourth-order valence-corrected chi connectivity index (χ4v) is 4.66. The van der Waals surface area contributed by atoms with Crippen LogP contribution in [0.2, 0.25) is 0 Å². The fraction of sp³-hybridized carbons (Fsp3) is 0.435. The zero-order chi connectivity index (χ0) is 21.7. The van der Waals surface area contributed by atoms with Gasteiger partial charge in [0.25, 0.3) is 5.91 Å². The molecule has 0 radical (unpaired) electrons. The van der Waals surface area contributed by atoms with Crippen LogP contribution in [-0.4, -0.2) is 57.9 Å². The highest BCUT2D eigenvalue weighted by Gasteiger charge is 2.25. The van der Waals surface area contributed by atoms with Gasteiger partial charge in [-0.2, -0.15) is 0 Å². The van der Waals surface area contributed by atoms with E-state index in [1.807, 2.05) is 13.8 Å². The van der Waals surface area contributed by atoms with Gasteiger partial charge in [0.2, 0.25) is 0 Å². The molecule has 1 fully saturated rings. The number of likely N-dealkylation sites (tertiary alicyclic amines) is 1. The van der Waals surface area contributed by atoms with Crippen LogP contribution in [-0.2, 0) is 14.6 Å². The van der Waals surface area contributed by atoms with Gasteiger partial charge in [-0.25, -0.2) is 8.42 Å². The van der Waals surface area contributed by atoms with Crippen molar-refractivity contribution in [2.24, 2.45) is 0 Å². The molecule has 6 nitrogen and oxygen atoms in total. The Morgan fingerprint density at radius 1 is 1.07 bits per heavy atom. The number of piperidine rings is 1. The van der Waals surface area contributed by atoms with Gasteiger partial charge in [0.15, 0.2) is 9.84 Å². The lowest BCUT2D eigenvalue weighted by Crippen LogP contribution is -2.41. The second kappa shape index (κ2) is 9.62. The summed E-state index contributed by atoms with van der Waals surface area (Å²) in [6.45, 7) is 5.45. The standard InChI is InChI=1S/C23H29NO5S/c1-17-4-5-18(2)22(16-17)29-20-10-12-24(13-11-20)23(25)19-6-8-21(9-7-19)30(26,27)15-14-28-3/h4-9,16,20H,10-15H2,1-3H3. The summed E-state index contributed by atoms with van der Waals surface area (Å²) in [4.78, 5) is 14.8. The number of methoxy groups -OCH3 is 1. The third-order valence-corrected chi connectivity index (χ3v) is 7.08. The Morgan fingerprint density at radius 2 is 1.73 bits per heavy atom. The van der Waals surface area contributed by atoms with Crippen LogP contribution >= 0.6 is 0 Å². The van der Waals surface area contributed by atoms with Crippen LogP contribution in [0.5, 0.6) is 5.75 Å². The predicted molar refractivity (Wildman–Crippen MR) is 116 cm³/mol. The summed E-state index contributed by atoms with van der Waals surface area (Å²) in [5.41, 5.74) is 2.77. The van der Waals surface area contributed by atoms with Gasteiger partial charge in [-0.1, -0.05) is 12.1 Å². The second-order valence-corrected chi connectivity index (χ2v) is 9.82. The molecule has 0 spiro atoms. The van der Waals surface area contributed by atoms with Crippen LogP contribution in [0.15, 0.2) is 47.4 Å². The minimum Gasteiger partial charge on any atom is -0.490 e. The van der Waals surface area contributed by atoms with Gasteiger partial charge in [0.05, 0.1) is 17.3 Å². The first-order chi connectivity index (χ1) is 14.3. The maximum Gasteiger partial charge on any atom is 0.253 e. The number of ether oxygens (including phenoxy) is 2. The van der Waals surface area contributed by atoms with Crippen molar-refractivity contribution < 1.29 is 22.7 Å². The average molecular weight is 432 g/mol. The van der Waals surface area contributed by atoms with Crippen molar-refractivity contribution in [3.8, 4) is 5.75 Å². The summed E-state index contributed by atoms with van der Waals surface area (Å²) in [5.74, 6) is 0.746. The smallest absolute Gasteiger partial charge is 0.253 e. The molecule has 1 aliphatic heterocycles. The highest BCUT2D eigenvalue weighted by atomic mass is 32.2. The summed E-state index contributed by atoms with van der Waals surface area (Å²) in [6.07, 6.45) is 1.62. The van der Waals surface area contributed by atoms with Crippen LogP contribution in [0.25, 0.3) is 0 Å². The van der Waals surface area contributed by atoms with Crippen molar-refractivity contribution in [1.29, 1.82) is 0 Å². The van der Waals surface area contributed by atoms with E-state index in [4.69, 9.17) is 9.47 Å². The number of benzene rings is 2. The molecule has 30 heavy (non-hydrogen) atoms. The largest absolute Gasteiger partial charge is 0.490 e. The van der Waals surface area contributed by atoms with Crippen molar-refractivity contribution in [3.63, 3.8) is 0 Å². The number of nitrogens with zero attached hydrogens (tertiary/aromatic N) is 1. The fourth-order valence-electron chi connectivity index (χ4n) is 3.49. The van der Waals surface area contributed by atoms with Gasteiger partial charge < -0.3 is 14.4 Å². The van der Waals surface area contributed by atoms with Crippen LogP contribution in [0.4, 0.5) is 0 Å². The number of hydrogen-bond acceptors (Lipinski definition) is 5. The molecular formula is C23H29NO5S. The van der Waals surface area contributed by atoms with Crippen molar-refractivity contribution >= 4 is 15.7 Å². The lowest BCUT2D eigenvalue weighted by molar-refractivity contribution is 0.0594. The zero-order valence-electron chi connectivity index (χ0n) is 17.8. The topological polar surface area (TPSA) is 72.9 Å². The molecule has 0 N–H and O–H groups in total. The van der Waals surface area contributed by atoms with Crippen molar-refractivity contribution in [1.82, 2.24) is 4.90 Å². The van der Waals surface area contributed by atoms with E-state index >= 15 is 0 Å². The van der Waals surface area contributed by atoms with Crippen molar-refractivity contribution in [2.45, 2.75) is 37.7 Å². The number of aryl methyl sites for hydroxylation is 2. The van der Waals surface area contributed by atoms with Gasteiger partial charge in [0, 0.05) is 38.6 Å². The summed E-state index contributed by atoms with van der Waals surface area (Å²) in [5, 5.41) is 0. The molecule has 0 saturated carbocycles. The first-order valence-corrected chi connectivity index (χ1v) is 11.8. The molecule has 0 unspecified atom stereocenters. The quantitative estimate of drug-likeness (QED) is 0.672. The van der Waals surface area contributed by atoms with Crippen LogP contribution in [0.3, 0.4) is 0 Å². The highest BCUT2D eigenvalue weighted by Crippen LogP contribution is 2.24. The van der Waals surface area contributed by atoms with E-state index in [0.29, 0.717) is 18.7 Å². The van der Waals surface area contributed by atoms with E-state index in [1.165, 1.54) is 19.2 Å². The minimum absolute atomic E-state index is 0.0787. The minimum atomic E-state index is -3.40. The SMILES string of the molecule is COCCS(=O)(=O)c1ccc(C(=O)N2CCC(Oc3cc(C)ccc3C)CC2)cc1. The molecule has 1 amide bonds. The Bertz CT molecular complexity index is 977. The molecule has 0 aliphatic carbocycles. The monoisotopic (exact) mass is 431 g/mol. The van der Waals surface area contributed by atoms with Gasteiger partial charge in [-0.3, -0.25) is 4.79 Å². The van der Waals surface area contributed by atoms with Crippen molar-refractivity contribution in [2.75, 3.05) is 32.6 Å². The maximum atomic E-state index is 12.8. The van der Waals surface area contributed by atoms with Crippen LogP contribution in [0.1, 0.15) is 34.3 Å². The lowest BCUT2D eigenvalue weighted by atomic mass is 10.1. The van der Waals surface area contributed by atoms with E-state index in [2.05, 4.69) is 18.2 Å². The molecule has 2 aromatic rings. The zero-order valence-corrected chi connectivity index (χ0v) is 18.6. The molecule has 7 heteroatoms. The number of carbonyl (C=O) groups is 1. The molecule has 3 rings (SSSR count). The summed E-state index contributed by atoms with van der Waals surface area (Å²) < 4.78 is 35.5. The molecule has 0 atom stereocenters. The van der Waals surface area contributed by atoms with Gasteiger partial charge >= 0.3 is 0 Å². The van der Waals surface area contributed by atoms with E-state index in [9.17, 15) is 13.2 Å². The Kier molecular flexibility index (Phi) is 7.15. The number of carbonyl (C=O) groups excluding carboxylic acids is 1. The first-order valence-electron chi connectivity index (χ1n) is 10.1. The molecule has 1 heterocycles. The van der Waals surface area contributed by atoms with Gasteiger partial charge in [-0.15, -0.1) is 0 Å². The number of amides is 1. The summed E-state index contributed by atoms with van der Waals surface area (Å²) in [7, 11) is -1.93. The highest BCUT2D eigenvalue weighted by molar-refractivity contribution is 7.91. The molecule has 1 aliphatic rings. The number of hydrogen-bond donors (Lipinski definition) is 0. The molecule has 2 aromatic carbocycles. The molecule has 162 valence electrons. The number of sulfone groups is 1. The Labute approximate surface area is 178 Å². The average Bonchev–Trinajstić information content (AvgIpc) is 2.75. The normalized spacial score (nSPS) is 15.2. The van der Waals surface area contributed by atoms with Gasteiger partial charge in [-0.05, 0) is 55.3 Å². The molecule has 0 aromatic heterocycles. The van der Waals surface area contributed by atoms with E-state index < -0.39 is 9.84 Å². The number of rotatable bonds is 7. The van der Waals surface area contributed by atoms with Crippen LogP contribution < -0.4 is 4.74 Å². The molecule has 0 bridgehead atoms. The molecular weight excluding hydrogens is 402 g/mol. The Morgan fingerprint density at radius 3 is 2.37 bits per heavy atom.